The molecule has 2 aromatic rings. The second-order valence-corrected chi connectivity index (χ2v) is 5.64. The first-order chi connectivity index (χ1) is 10.5. The van der Waals surface area contributed by atoms with Crippen LogP contribution in [0.2, 0.25) is 10.0 Å². The summed E-state index contributed by atoms with van der Waals surface area (Å²) in [6.07, 6.45) is 0.273. The lowest BCUT2D eigenvalue weighted by molar-refractivity contribution is -0.119. The quantitative estimate of drug-likeness (QED) is 0.881. The molecule has 4 nitrogen and oxygen atoms in total. The molecule has 0 saturated carbocycles. The average Bonchev–Trinajstić information content (AvgIpc) is 2.47. The molecule has 0 aliphatic heterocycles. The van der Waals surface area contributed by atoms with E-state index >= 15 is 0 Å². The standard InChI is InChI=1S/C16H14Cl2N2O2/c17-12-6-4-11(5-7-12)16(22)20-14(15(19)21)9-10-2-1-3-13(18)8-10/h1-8,14H,9H2,(H2,19,21)(H,20,22)/t14-/m1/s1. The van der Waals surface area contributed by atoms with Gasteiger partial charge < -0.3 is 11.1 Å². The molecule has 0 aromatic heterocycles. The topological polar surface area (TPSA) is 72.2 Å². The number of hydrogen-bond donors (Lipinski definition) is 2. The first kappa shape index (κ1) is 16.3. The predicted molar refractivity (Wildman–Crippen MR) is 87.1 cm³/mol. The lowest BCUT2D eigenvalue weighted by Gasteiger charge is -2.16. The minimum absolute atomic E-state index is 0.273. The molecule has 0 aliphatic rings. The van der Waals surface area contributed by atoms with Gasteiger partial charge in [-0.25, -0.2) is 0 Å². The van der Waals surface area contributed by atoms with Crippen LogP contribution < -0.4 is 11.1 Å². The van der Waals surface area contributed by atoms with Crippen LogP contribution in [0.15, 0.2) is 48.5 Å². The maximum Gasteiger partial charge on any atom is 0.251 e. The number of nitrogens with one attached hydrogen (secondary N) is 1. The molecule has 0 radical (unpaired) electrons. The highest BCUT2D eigenvalue weighted by molar-refractivity contribution is 6.30. The van der Waals surface area contributed by atoms with E-state index in [0.717, 1.165) is 5.56 Å². The molecule has 114 valence electrons. The summed E-state index contributed by atoms with van der Waals surface area (Å²) in [7, 11) is 0. The summed E-state index contributed by atoms with van der Waals surface area (Å²) in [5, 5.41) is 3.71. The van der Waals surface area contributed by atoms with Crippen LogP contribution in [0.4, 0.5) is 0 Å². The third-order valence-electron chi connectivity index (χ3n) is 3.08. The van der Waals surface area contributed by atoms with Gasteiger partial charge in [-0.1, -0.05) is 35.3 Å². The van der Waals surface area contributed by atoms with Crippen molar-refractivity contribution < 1.29 is 9.59 Å². The maximum atomic E-state index is 12.1. The second kappa shape index (κ2) is 7.29. The van der Waals surface area contributed by atoms with Gasteiger partial charge in [-0.15, -0.1) is 0 Å². The Morgan fingerprint density at radius 3 is 2.32 bits per heavy atom. The Bertz CT molecular complexity index is 687. The summed E-state index contributed by atoms with van der Waals surface area (Å²) >= 11 is 11.7. The summed E-state index contributed by atoms with van der Waals surface area (Å²) in [5.41, 5.74) is 6.58. The average molecular weight is 337 g/mol. The third-order valence-corrected chi connectivity index (χ3v) is 3.57. The largest absolute Gasteiger partial charge is 0.368 e. The Morgan fingerprint density at radius 1 is 1.05 bits per heavy atom. The summed E-state index contributed by atoms with van der Waals surface area (Å²) in [6, 6.07) is 12.6. The zero-order valence-corrected chi connectivity index (χ0v) is 13.1. The SMILES string of the molecule is NC(=O)[C@@H](Cc1cccc(Cl)c1)NC(=O)c1ccc(Cl)cc1. The van der Waals surface area contributed by atoms with Gasteiger partial charge in [-0.3, -0.25) is 9.59 Å². The van der Waals surface area contributed by atoms with Gasteiger partial charge in [0.25, 0.3) is 5.91 Å². The Labute approximate surface area is 138 Å². The van der Waals surface area contributed by atoms with Gasteiger partial charge >= 0.3 is 0 Å². The Kier molecular flexibility index (Phi) is 5.41. The van der Waals surface area contributed by atoms with Gasteiger partial charge in [0, 0.05) is 22.0 Å². The van der Waals surface area contributed by atoms with Gasteiger partial charge in [0.15, 0.2) is 0 Å². The van der Waals surface area contributed by atoms with Gasteiger partial charge in [-0.2, -0.15) is 0 Å². The number of primary amides is 1. The molecule has 0 fully saturated rings. The number of benzene rings is 2. The highest BCUT2D eigenvalue weighted by atomic mass is 35.5. The van der Waals surface area contributed by atoms with E-state index in [9.17, 15) is 9.59 Å². The zero-order valence-electron chi connectivity index (χ0n) is 11.6. The van der Waals surface area contributed by atoms with E-state index in [1.165, 1.54) is 0 Å². The summed E-state index contributed by atoms with van der Waals surface area (Å²) in [4.78, 5) is 23.7. The highest BCUT2D eigenvalue weighted by Gasteiger charge is 2.19. The van der Waals surface area contributed by atoms with E-state index in [-0.39, 0.29) is 12.3 Å². The van der Waals surface area contributed by atoms with Gasteiger partial charge in [0.05, 0.1) is 0 Å². The van der Waals surface area contributed by atoms with Crippen molar-refractivity contribution in [3.05, 3.63) is 69.7 Å². The van der Waals surface area contributed by atoms with Gasteiger partial charge in [0.1, 0.15) is 6.04 Å². The van der Waals surface area contributed by atoms with Crippen molar-refractivity contribution in [2.45, 2.75) is 12.5 Å². The van der Waals surface area contributed by atoms with E-state index in [1.807, 2.05) is 6.07 Å². The molecule has 0 bridgehead atoms. The first-order valence-corrected chi connectivity index (χ1v) is 7.31. The fourth-order valence-electron chi connectivity index (χ4n) is 1.97. The summed E-state index contributed by atoms with van der Waals surface area (Å²) in [5.74, 6) is -0.996. The molecule has 0 saturated heterocycles. The molecule has 2 rings (SSSR count). The van der Waals surface area contributed by atoms with Crippen LogP contribution in [0.25, 0.3) is 0 Å². The number of rotatable bonds is 5. The minimum atomic E-state index is -0.818. The zero-order chi connectivity index (χ0) is 16.1. The van der Waals surface area contributed by atoms with E-state index < -0.39 is 11.9 Å². The molecule has 0 unspecified atom stereocenters. The number of carbonyl (C=O) groups is 2. The molecule has 2 amide bonds. The van der Waals surface area contributed by atoms with Crippen molar-refractivity contribution in [1.82, 2.24) is 5.32 Å². The van der Waals surface area contributed by atoms with Crippen molar-refractivity contribution in [3.63, 3.8) is 0 Å². The molecule has 22 heavy (non-hydrogen) atoms. The van der Waals surface area contributed by atoms with Crippen molar-refractivity contribution >= 4 is 35.0 Å². The Morgan fingerprint density at radius 2 is 1.73 bits per heavy atom. The molecule has 0 aliphatic carbocycles. The lowest BCUT2D eigenvalue weighted by Crippen LogP contribution is -2.45. The van der Waals surface area contributed by atoms with Gasteiger partial charge in [0.2, 0.25) is 5.91 Å². The van der Waals surface area contributed by atoms with E-state index in [0.29, 0.717) is 15.6 Å². The fraction of sp³-hybridized carbons (Fsp3) is 0.125. The van der Waals surface area contributed by atoms with E-state index in [4.69, 9.17) is 28.9 Å². The highest BCUT2D eigenvalue weighted by Crippen LogP contribution is 2.13. The van der Waals surface area contributed by atoms with Crippen LogP contribution in [-0.4, -0.2) is 17.9 Å². The van der Waals surface area contributed by atoms with Crippen LogP contribution >= 0.6 is 23.2 Å². The van der Waals surface area contributed by atoms with Crippen LogP contribution in [-0.2, 0) is 11.2 Å². The Hall–Kier alpha value is -2.04. The van der Waals surface area contributed by atoms with Gasteiger partial charge in [-0.05, 0) is 42.0 Å². The third kappa shape index (κ3) is 4.48. The lowest BCUT2D eigenvalue weighted by atomic mass is 10.0. The smallest absolute Gasteiger partial charge is 0.251 e. The van der Waals surface area contributed by atoms with E-state index in [2.05, 4.69) is 5.32 Å². The van der Waals surface area contributed by atoms with Crippen LogP contribution in [0.5, 0.6) is 0 Å². The number of hydrogen-bond acceptors (Lipinski definition) is 2. The first-order valence-electron chi connectivity index (χ1n) is 6.56. The molecule has 0 heterocycles. The maximum absolute atomic E-state index is 12.1. The summed E-state index contributed by atoms with van der Waals surface area (Å²) in [6.45, 7) is 0. The van der Waals surface area contributed by atoms with Crippen LogP contribution in [0.1, 0.15) is 15.9 Å². The molecule has 0 spiro atoms. The van der Waals surface area contributed by atoms with Crippen molar-refractivity contribution in [2.24, 2.45) is 5.73 Å². The van der Waals surface area contributed by atoms with Crippen molar-refractivity contribution in [2.75, 3.05) is 0 Å². The van der Waals surface area contributed by atoms with Crippen molar-refractivity contribution in [1.29, 1.82) is 0 Å². The molecule has 1 atom stereocenters. The number of carbonyl (C=O) groups excluding carboxylic acids is 2. The predicted octanol–water partition coefficient (Wildman–Crippen LogP) is 2.82. The number of amides is 2. The van der Waals surface area contributed by atoms with Crippen molar-refractivity contribution in [3.8, 4) is 0 Å². The fourth-order valence-corrected chi connectivity index (χ4v) is 2.30. The number of halogens is 2. The molecular formula is C16H14Cl2N2O2. The Balaban J connectivity index is 2.10. The van der Waals surface area contributed by atoms with Crippen LogP contribution in [0.3, 0.4) is 0 Å². The van der Waals surface area contributed by atoms with Crippen LogP contribution in [0, 0.1) is 0 Å². The number of nitrogens with two attached hydrogens (primary N) is 1. The second-order valence-electron chi connectivity index (χ2n) is 4.77. The summed E-state index contributed by atoms with van der Waals surface area (Å²) < 4.78 is 0. The molecule has 3 N–H and O–H groups in total. The van der Waals surface area contributed by atoms with E-state index in [1.54, 1.807) is 42.5 Å². The molecule has 2 aromatic carbocycles. The normalized spacial score (nSPS) is 11.7. The molecule has 6 heteroatoms. The minimum Gasteiger partial charge on any atom is -0.368 e. The molecular weight excluding hydrogens is 323 g/mol. The monoisotopic (exact) mass is 336 g/mol.